The summed E-state index contributed by atoms with van der Waals surface area (Å²) in [5.41, 5.74) is 0.908. The molecule has 0 aliphatic carbocycles. The van der Waals surface area contributed by atoms with E-state index in [9.17, 15) is 4.79 Å². The van der Waals surface area contributed by atoms with Crippen molar-refractivity contribution in [2.45, 2.75) is 84.2 Å². The summed E-state index contributed by atoms with van der Waals surface area (Å²) in [6.45, 7) is 17.7. The van der Waals surface area contributed by atoms with Gasteiger partial charge >= 0.3 is 0 Å². The molecule has 4 atom stereocenters. The standard InChI is InChI=1S/C22H35NO3Si/c1-15(2)18-16(3)14-22(26-27(7,8)21(4,5)6)23(18)20(24)19(25-22)17-12-10-9-11-13-17/h9-13,15-16,18-19H,14H2,1-8H3/t16-,18+,19+,22?/m1/s1. The molecule has 4 nitrogen and oxygen atoms in total. The first-order valence-corrected chi connectivity index (χ1v) is 13.1. The van der Waals surface area contributed by atoms with E-state index in [-0.39, 0.29) is 17.0 Å². The Bertz CT molecular complexity index is 697. The molecule has 2 fully saturated rings. The van der Waals surface area contributed by atoms with E-state index in [1.165, 1.54) is 0 Å². The first-order chi connectivity index (χ1) is 12.4. The van der Waals surface area contributed by atoms with Crippen molar-refractivity contribution in [2.75, 3.05) is 0 Å². The van der Waals surface area contributed by atoms with Crippen LogP contribution in [-0.4, -0.2) is 31.1 Å². The van der Waals surface area contributed by atoms with Crippen molar-refractivity contribution < 1.29 is 14.0 Å². The minimum atomic E-state index is -2.14. The van der Waals surface area contributed by atoms with Crippen LogP contribution in [0, 0.1) is 11.8 Å². The van der Waals surface area contributed by atoms with E-state index in [0.29, 0.717) is 11.8 Å². The molecule has 0 radical (unpaired) electrons. The zero-order chi connectivity index (χ0) is 20.2. The number of benzene rings is 1. The second-order valence-electron chi connectivity index (χ2n) is 10.1. The van der Waals surface area contributed by atoms with E-state index in [0.717, 1.165) is 12.0 Å². The predicted molar refractivity (Wildman–Crippen MR) is 111 cm³/mol. The summed E-state index contributed by atoms with van der Waals surface area (Å²) in [5.74, 6) is -0.194. The number of carbonyl (C=O) groups is 1. The Balaban J connectivity index is 2.04. The van der Waals surface area contributed by atoms with Gasteiger partial charge in [-0.3, -0.25) is 9.69 Å². The van der Waals surface area contributed by atoms with Crippen molar-refractivity contribution in [2.24, 2.45) is 11.8 Å². The molecule has 0 aromatic heterocycles. The van der Waals surface area contributed by atoms with Gasteiger partial charge in [-0.2, -0.15) is 0 Å². The summed E-state index contributed by atoms with van der Waals surface area (Å²) in [6.07, 6.45) is 0.155. The van der Waals surface area contributed by atoms with Gasteiger partial charge in [-0.15, -0.1) is 0 Å². The Hall–Kier alpha value is -1.17. The summed E-state index contributed by atoms with van der Waals surface area (Å²) < 4.78 is 13.4. The summed E-state index contributed by atoms with van der Waals surface area (Å²) in [7, 11) is -2.14. The average molecular weight is 390 g/mol. The van der Waals surface area contributed by atoms with Crippen LogP contribution in [0.25, 0.3) is 0 Å². The van der Waals surface area contributed by atoms with Crippen LogP contribution in [0.2, 0.25) is 18.1 Å². The Morgan fingerprint density at radius 1 is 1.22 bits per heavy atom. The lowest BCUT2D eigenvalue weighted by atomic mass is 9.92. The molecule has 2 aliphatic heterocycles. The minimum absolute atomic E-state index is 0.0444. The largest absolute Gasteiger partial charge is 0.374 e. The smallest absolute Gasteiger partial charge is 0.260 e. The molecule has 2 heterocycles. The molecule has 2 saturated heterocycles. The van der Waals surface area contributed by atoms with Gasteiger partial charge in [-0.1, -0.05) is 71.9 Å². The molecule has 27 heavy (non-hydrogen) atoms. The van der Waals surface area contributed by atoms with Gasteiger partial charge in [0, 0.05) is 12.5 Å². The number of hydrogen-bond donors (Lipinski definition) is 0. The first kappa shape index (κ1) is 20.6. The van der Waals surface area contributed by atoms with Crippen molar-refractivity contribution in [3.05, 3.63) is 35.9 Å². The highest BCUT2D eigenvalue weighted by atomic mass is 28.4. The fraction of sp³-hybridized carbons (Fsp3) is 0.682. The van der Waals surface area contributed by atoms with Crippen LogP contribution in [-0.2, 0) is 14.0 Å². The highest BCUT2D eigenvalue weighted by molar-refractivity contribution is 6.74. The van der Waals surface area contributed by atoms with E-state index in [2.05, 4.69) is 54.6 Å². The van der Waals surface area contributed by atoms with Crippen molar-refractivity contribution >= 4 is 14.2 Å². The van der Waals surface area contributed by atoms with E-state index < -0.39 is 20.3 Å². The third kappa shape index (κ3) is 3.38. The zero-order valence-electron chi connectivity index (χ0n) is 18.1. The van der Waals surface area contributed by atoms with Crippen LogP contribution in [0.15, 0.2) is 30.3 Å². The van der Waals surface area contributed by atoms with Crippen LogP contribution in [0.5, 0.6) is 0 Å². The minimum Gasteiger partial charge on any atom is -0.374 e. The van der Waals surface area contributed by atoms with Gasteiger partial charge in [0.25, 0.3) is 5.91 Å². The Morgan fingerprint density at radius 3 is 2.33 bits per heavy atom. The molecule has 1 unspecified atom stereocenters. The van der Waals surface area contributed by atoms with Gasteiger partial charge in [0.2, 0.25) is 5.91 Å². The number of carbonyl (C=O) groups excluding carboxylic acids is 1. The van der Waals surface area contributed by atoms with Crippen molar-refractivity contribution in [1.29, 1.82) is 0 Å². The van der Waals surface area contributed by atoms with Gasteiger partial charge in [-0.25, -0.2) is 0 Å². The SMILES string of the molecule is CC(C)[C@H]1[C@H](C)CC2(O[Si](C)(C)C(C)(C)C)O[C@@H](c3ccccc3)C(=O)N12. The van der Waals surface area contributed by atoms with E-state index in [4.69, 9.17) is 9.16 Å². The molecule has 1 aromatic rings. The van der Waals surface area contributed by atoms with Crippen LogP contribution in [0.4, 0.5) is 0 Å². The van der Waals surface area contributed by atoms with Gasteiger partial charge in [0.15, 0.2) is 14.4 Å². The van der Waals surface area contributed by atoms with Crippen LogP contribution in [0.1, 0.15) is 59.6 Å². The molecule has 1 aromatic carbocycles. The van der Waals surface area contributed by atoms with Gasteiger partial charge in [-0.05, 0) is 35.5 Å². The van der Waals surface area contributed by atoms with Crippen LogP contribution in [0.3, 0.4) is 0 Å². The molecule has 0 N–H and O–H groups in total. The second kappa shape index (κ2) is 6.71. The average Bonchev–Trinajstić information content (AvgIpc) is 2.96. The third-order valence-electron chi connectivity index (χ3n) is 6.60. The maximum Gasteiger partial charge on any atom is 0.260 e. The second-order valence-corrected chi connectivity index (χ2v) is 14.8. The molecule has 0 bridgehead atoms. The summed E-state index contributed by atoms with van der Waals surface area (Å²) >= 11 is 0. The normalized spacial score (nSPS) is 31.7. The molecular formula is C22H35NO3Si. The number of rotatable bonds is 4. The summed E-state index contributed by atoms with van der Waals surface area (Å²) in [5, 5.41) is 0.0455. The fourth-order valence-electron chi connectivity index (χ4n) is 4.35. The van der Waals surface area contributed by atoms with E-state index in [1.807, 2.05) is 35.2 Å². The molecule has 3 rings (SSSR count). The maximum atomic E-state index is 13.5. The predicted octanol–water partition coefficient (Wildman–Crippen LogP) is 5.33. The van der Waals surface area contributed by atoms with Crippen LogP contribution < -0.4 is 0 Å². The number of hydrogen-bond acceptors (Lipinski definition) is 3. The molecular weight excluding hydrogens is 354 g/mol. The quantitative estimate of drug-likeness (QED) is 0.654. The number of nitrogens with zero attached hydrogens (tertiary/aromatic N) is 1. The molecule has 2 aliphatic rings. The topological polar surface area (TPSA) is 38.8 Å². The van der Waals surface area contributed by atoms with Crippen molar-refractivity contribution in [3.63, 3.8) is 0 Å². The lowest BCUT2D eigenvalue weighted by molar-refractivity contribution is -0.235. The fourth-order valence-corrected chi connectivity index (χ4v) is 5.68. The van der Waals surface area contributed by atoms with Crippen molar-refractivity contribution in [3.8, 4) is 0 Å². The summed E-state index contributed by atoms with van der Waals surface area (Å²) in [4.78, 5) is 15.5. The number of fused-ring (bicyclic) bond motifs is 1. The number of amides is 1. The zero-order valence-corrected chi connectivity index (χ0v) is 19.1. The molecule has 1 amide bonds. The van der Waals surface area contributed by atoms with Gasteiger partial charge in [0.1, 0.15) is 0 Å². The first-order valence-electron chi connectivity index (χ1n) is 10.2. The molecule has 5 heteroatoms. The highest BCUT2D eigenvalue weighted by Crippen LogP contribution is 2.54. The van der Waals surface area contributed by atoms with Crippen LogP contribution >= 0.6 is 0 Å². The van der Waals surface area contributed by atoms with Gasteiger partial charge < -0.3 is 9.16 Å². The summed E-state index contributed by atoms with van der Waals surface area (Å²) in [6, 6.07) is 9.96. The Morgan fingerprint density at radius 2 is 1.81 bits per heavy atom. The van der Waals surface area contributed by atoms with Crippen molar-refractivity contribution in [1.82, 2.24) is 4.90 Å². The molecule has 0 spiro atoms. The third-order valence-corrected chi connectivity index (χ3v) is 11.0. The Labute approximate surface area is 165 Å². The lowest BCUT2D eigenvalue weighted by Gasteiger charge is -2.44. The maximum absolute atomic E-state index is 13.5. The Kier molecular flexibility index (Phi) is 5.11. The lowest BCUT2D eigenvalue weighted by Crippen LogP contribution is -2.56. The van der Waals surface area contributed by atoms with E-state index in [1.54, 1.807) is 0 Å². The molecule has 150 valence electrons. The van der Waals surface area contributed by atoms with E-state index >= 15 is 0 Å². The monoisotopic (exact) mass is 389 g/mol. The molecule has 0 saturated carbocycles. The van der Waals surface area contributed by atoms with Gasteiger partial charge in [0.05, 0.1) is 0 Å². The number of ether oxygens (including phenoxy) is 1. The highest BCUT2D eigenvalue weighted by Gasteiger charge is 2.64.